The number of hydrogen-bond acceptors (Lipinski definition) is 5. The summed E-state index contributed by atoms with van der Waals surface area (Å²) in [4.78, 5) is 36.6. The number of anilines is 1. The predicted octanol–water partition coefficient (Wildman–Crippen LogP) is 4.46. The molecule has 0 aliphatic rings. The Morgan fingerprint density at radius 1 is 1.13 bits per heavy atom. The number of fused-ring (bicyclic) bond motifs is 1. The molecule has 0 spiro atoms. The molecule has 0 saturated heterocycles. The van der Waals surface area contributed by atoms with Crippen molar-refractivity contribution in [2.24, 2.45) is 0 Å². The maximum atomic E-state index is 12.5. The zero-order valence-corrected chi connectivity index (χ0v) is 16.7. The molecule has 150 valence electrons. The van der Waals surface area contributed by atoms with Crippen LogP contribution in [0.4, 0.5) is 5.69 Å². The molecule has 7 nitrogen and oxygen atoms in total. The van der Waals surface area contributed by atoms with E-state index in [2.05, 4.69) is 20.3 Å². The van der Waals surface area contributed by atoms with Gasteiger partial charge in [0.2, 0.25) is 0 Å². The highest BCUT2D eigenvalue weighted by Crippen LogP contribution is 2.21. The molecule has 0 bridgehead atoms. The lowest BCUT2D eigenvalue weighted by Gasteiger charge is -2.13. The van der Waals surface area contributed by atoms with Crippen molar-refractivity contribution in [3.63, 3.8) is 0 Å². The van der Waals surface area contributed by atoms with Crippen molar-refractivity contribution >= 4 is 40.2 Å². The van der Waals surface area contributed by atoms with Gasteiger partial charge in [-0.15, -0.1) is 0 Å². The van der Waals surface area contributed by atoms with Gasteiger partial charge < -0.3 is 15.0 Å². The Hall–Kier alpha value is -3.71. The van der Waals surface area contributed by atoms with Crippen molar-refractivity contribution in [2.45, 2.75) is 13.0 Å². The van der Waals surface area contributed by atoms with Crippen molar-refractivity contribution in [2.75, 3.05) is 5.32 Å². The summed E-state index contributed by atoms with van der Waals surface area (Å²) in [6, 6.07) is 15.4. The summed E-state index contributed by atoms with van der Waals surface area (Å²) in [5.74, 6) is -0.409. The van der Waals surface area contributed by atoms with Gasteiger partial charge in [0.15, 0.2) is 6.10 Å². The lowest BCUT2D eigenvalue weighted by molar-refractivity contribution is -0.123. The fourth-order valence-corrected chi connectivity index (χ4v) is 3.06. The van der Waals surface area contributed by atoms with Gasteiger partial charge in [0.1, 0.15) is 5.82 Å². The molecule has 1 amide bonds. The smallest absolute Gasteiger partial charge is 0.338 e. The number of rotatable bonds is 5. The van der Waals surface area contributed by atoms with Crippen molar-refractivity contribution in [3.8, 4) is 11.4 Å². The van der Waals surface area contributed by atoms with Crippen LogP contribution in [0.25, 0.3) is 22.4 Å². The Balaban J connectivity index is 1.46. The monoisotopic (exact) mass is 420 g/mol. The number of carbonyl (C=O) groups excluding carboxylic acids is 2. The number of nitrogens with one attached hydrogen (secondary N) is 2. The molecule has 0 radical (unpaired) electrons. The SMILES string of the molecule is CC(OC(=O)c1ccc2nc(-c3cccnc3)[nH]c2c1)C(=O)Nc1cccc(Cl)c1. The van der Waals surface area contributed by atoms with Crippen molar-refractivity contribution in [1.82, 2.24) is 15.0 Å². The van der Waals surface area contributed by atoms with Crippen LogP contribution in [0.2, 0.25) is 5.02 Å². The van der Waals surface area contributed by atoms with Gasteiger partial charge in [-0.25, -0.2) is 9.78 Å². The Morgan fingerprint density at radius 2 is 2.00 bits per heavy atom. The minimum absolute atomic E-state index is 0.311. The average molecular weight is 421 g/mol. The molecular formula is C22H17ClN4O3. The van der Waals surface area contributed by atoms with Crippen LogP contribution >= 0.6 is 11.6 Å². The molecule has 30 heavy (non-hydrogen) atoms. The molecule has 4 aromatic rings. The fraction of sp³-hybridized carbons (Fsp3) is 0.0909. The van der Waals surface area contributed by atoms with Gasteiger partial charge >= 0.3 is 5.97 Å². The number of benzene rings is 2. The summed E-state index contributed by atoms with van der Waals surface area (Å²) in [6.07, 6.45) is 2.40. The Morgan fingerprint density at radius 3 is 2.77 bits per heavy atom. The maximum absolute atomic E-state index is 12.5. The number of pyridine rings is 1. The molecule has 0 saturated carbocycles. The standard InChI is InChI=1S/C22H17ClN4O3/c1-13(21(28)25-17-6-2-5-16(23)11-17)30-22(29)14-7-8-18-19(10-14)27-20(26-18)15-4-3-9-24-12-15/h2-13H,1H3,(H,25,28)(H,26,27). The molecule has 2 heterocycles. The van der Waals surface area contributed by atoms with E-state index in [0.717, 1.165) is 5.56 Å². The minimum atomic E-state index is -0.986. The number of imidazole rings is 1. The van der Waals surface area contributed by atoms with Crippen LogP contribution in [0.15, 0.2) is 67.0 Å². The van der Waals surface area contributed by atoms with E-state index >= 15 is 0 Å². The number of amides is 1. The Kier molecular flexibility index (Phi) is 5.45. The third kappa shape index (κ3) is 4.31. The van der Waals surface area contributed by atoms with E-state index in [9.17, 15) is 9.59 Å². The van der Waals surface area contributed by atoms with Gasteiger partial charge in [-0.1, -0.05) is 17.7 Å². The summed E-state index contributed by atoms with van der Waals surface area (Å²) < 4.78 is 5.31. The number of hydrogen-bond donors (Lipinski definition) is 2. The summed E-state index contributed by atoms with van der Waals surface area (Å²) in [7, 11) is 0. The number of halogens is 1. The number of esters is 1. The summed E-state index contributed by atoms with van der Waals surface area (Å²) in [5.41, 5.74) is 3.06. The van der Waals surface area contributed by atoms with Crippen molar-refractivity contribution in [1.29, 1.82) is 0 Å². The second-order valence-corrected chi connectivity index (χ2v) is 7.04. The zero-order chi connectivity index (χ0) is 21.1. The quantitative estimate of drug-likeness (QED) is 0.464. The van der Waals surface area contributed by atoms with E-state index in [1.54, 1.807) is 54.9 Å². The van der Waals surface area contributed by atoms with Gasteiger partial charge in [-0.05, 0) is 55.5 Å². The van der Waals surface area contributed by atoms with Crippen LogP contribution in [0.5, 0.6) is 0 Å². The van der Waals surface area contributed by atoms with E-state index in [0.29, 0.717) is 33.1 Å². The molecule has 1 atom stereocenters. The molecule has 0 aliphatic carbocycles. The van der Waals surface area contributed by atoms with Crippen LogP contribution < -0.4 is 5.32 Å². The average Bonchev–Trinajstić information content (AvgIpc) is 3.17. The van der Waals surface area contributed by atoms with Crippen molar-refractivity contribution < 1.29 is 14.3 Å². The lowest BCUT2D eigenvalue weighted by Crippen LogP contribution is -2.30. The molecule has 2 N–H and O–H groups in total. The minimum Gasteiger partial charge on any atom is -0.449 e. The van der Waals surface area contributed by atoms with Gasteiger partial charge in [-0.3, -0.25) is 9.78 Å². The normalized spacial score (nSPS) is 11.8. The third-order valence-electron chi connectivity index (χ3n) is 4.40. The van der Waals surface area contributed by atoms with Crippen LogP contribution in [0.1, 0.15) is 17.3 Å². The number of aromatic amines is 1. The topological polar surface area (TPSA) is 97.0 Å². The molecule has 0 fully saturated rings. The lowest BCUT2D eigenvalue weighted by atomic mass is 10.2. The van der Waals surface area contributed by atoms with Crippen LogP contribution in [0.3, 0.4) is 0 Å². The first-order valence-corrected chi connectivity index (χ1v) is 9.55. The Labute approximate surface area is 177 Å². The van der Waals surface area contributed by atoms with Gasteiger partial charge in [0, 0.05) is 28.7 Å². The molecule has 4 rings (SSSR count). The molecule has 0 aliphatic heterocycles. The highest BCUT2D eigenvalue weighted by Gasteiger charge is 2.20. The molecule has 1 unspecified atom stereocenters. The van der Waals surface area contributed by atoms with Crippen LogP contribution in [-0.4, -0.2) is 32.9 Å². The largest absolute Gasteiger partial charge is 0.449 e. The van der Waals surface area contributed by atoms with E-state index in [4.69, 9.17) is 16.3 Å². The second-order valence-electron chi connectivity index (χ2n) is 6.61. The first kappa shape index (κ1) is 19.6. The fourth-order valence-electron chi connectivity index (χ4n) is 2.87. The van der Waals surface area contributed by atoms with Crippen molar-refractivity contribution in [3.05, 3.63) is 77.6 Å². The first-order valence-electron chi connectivity index (χ1n) is 9.17. The van der Waals surface area contributed by atoms with Gasteiger partial charge in [0.25, 0.3) is 5.91 Å². The number of aromatic nitrogens is 3. The molecule has 2 aromatic carbocycles. The highest BCUT2D eigenvalue weighted by molar-refractivity contribution is 6.30. The van der Waals surface area contributed by atoms with E-state index in [-0.39, 0.29) is 0 Å². The molecule has 2 aromatic heterocycles. The van der Waals surface area contributed by atoms with E-state index < -0.39 is 18.0 Å². The van der Waals surface area contributed by atoms with E-state index in [1.165, 1.54) is 6.92 Å². The van der Waals surface area contributed by atoms with E-state index in [1.807, 2.05) is 12.1 Å². The summed E-state index contributed by atoms with van der Waals surface area (Å²) in [6.45, 7) is 1.51. The number of H-pyrrole nitrogens is 1. The summed E-state index contributed by atoms with van der Waals surface area (Å²) in [5, 5.41) is 3.16. The molecular weight excluding hydrogens is 404 g/mol. The van der Waals surface area contributed by atoms with Gasteiger partial charge in [-0.2, -0.15) is 0 Å². The summed E-state index contributed by atoms with van der Waals surface area (Å²) >= 11 is 5.91. The number of carbonyl (C=O) groups is 2. The first-order chi connectivity index (χ1) is 14.5. The third-order valence-corrected chi connectivity index (χ3v) is 4.63. The predicted molar refractivity (Wildman–Crippen MR) is 114 cm³/mol. The molecule has 8 heteroatoms. The van der Waals surface area contributed by atoms with Crippen LogP contribution in [0, 0.1) is 0 Å². The number of nitrogens with zero attached hydrogens (tertiary/aromatic N) is 2. The maximum Gasteiger partial charge on any atom is 0.338 e. The second kappa shape index (κ2) is 8.34. The van der Waals surface area contributed by atoms with Gasteiger partial charge in [0.05, 0.1) is 16.6 Å². The Bertz CT molecular complexity index is 1220. The number of ether oxygens (including phenoxy) is 1. The van der Waals surface area contributed by atoms with Crippen LogP contribution in [-0.2, 0) is 9.53 Å². The zero-order valence-electron chi connectivity index (χ0n) is 15.9. The highest BCUT2D eigenvalue weighted by atomic mass is 35.5.